The predicted octanol–water partition coefficient (Wildman–Crippen LogP) is 4.00. The molecule has 1 aromatic carbocycles. The summed E-state index contributed by atoms with van der Waals surface area (Å²) in [5.41, 5.74) is 9.38. The molecule has 1 unspecified atom stereocenters. The molecule has 2 N–H and O–H groups in total. The van der Waals surface area contributed by atoms with Crippen molar-refractivity contribution in [2.45, 2.75) is 26.8 Å². The van der Waals surface area contributed by atoms with E-state index >= 15 is 0 Å². The molecule has 0 aliphatic rings. The Bertz CT molecular complexity index is 736. The third-order valence-corrected chi connectivity index (χ3v) is 3.48. The van der Waals surface area contributed by atoms with Gasteiger partial charge in [0.1, 0.15) is 28.9 Å². The number of aryl methyl sites for hydroxylation is 3. The Kier molecular flexibility index (Phi) is 2.72. The van der Waals surface area contributed by atoms with Gasteiger partial charge in [0.05, 0.1) is 0 Å². The highest BCUT2D eigenvalue weighted by Crippen LogP contribution is 2.32. The Balaban J connectivity index is 2.12. The van der Waals surface area contributed by atoms with Crippen LogP contribution in [0.4, 0.5) is 0 Å². The summed E-state index contributed by atoms with van der Waals surface area (Å²) < 4.78 is 11.5. The quantitative estimate of drug-likeness (QED) is 0.753. The maximum Gasteiger partial charge on any atom is 0.134 e. The minimum atomic E-state index is -0.360. The number of hydrogen-bond donors (Lipinski definition) is 1. The summed E-state index contributed by atoms with van der Waals surface area (Å²) in [6.45, 7) is 5.99. The van der Waals surface area contributed by atoms with E-state index in [4.69, 9.17) is 14.6 Å². The molecule has 3 rings (SSSR count). The van der Waals surface area contributed by atoms with E-state index in [1.807, 2.05) is 39.0 Å². The Morgan fingerprint density at radius 2 is 1.79 bits per heavy atom. The van der Waals surface area contributed by atoms with Gasteiger partial charge < -0.3 is 14.6 Å². The van der Waals surface area contributed by atoms with Gasteiger partial charge in [-0.3, -0.25) is 0 Å². The number of rotatable bonds is 2. The third kappa shape index (κ3) is 1.96. The molecule has 0 aliphatic heterocycles. The zero-order chi connectivity index (χ0) is 13.6. The van der Waals surface area contributed by atoms with Crippen LogP contribution >= 0.6 is 0 Å². The molecule has 19 heavy (non-hydrogen) atoms. The fourth-order valence-corrected chi connectivity index (χ4v) is 2.40. The first-order valence-corrected chi connectivity index (χ1v) is 6.38. The summed E-state index contributed by atoms with van der Waals surface area (Å²) in [6.07, 6.45) is 0. The zero-order valence-corrected chi connectivity index (χ0v) is 11.4. The van der Waals surface area contributed by atoms with Crippen molar-refractivity contribution in [2.24, 2.45) is 5.73 Å². The molecule has 0 amide bonds. The minimum absolute atomic E-state index is 0.360. The zero-order valence-electron chi connectivity index (χ0n) is 11.4. The second kappa shape index (κ2) is 4.28. The van der Waals surface area contributed by atoms with Crippen molar-refractivity contribution in [1.29, 1.82) is 0 Å². The average Bonchev–Trinajstić information content (AvgIpc) is 2.93. The number of furan rings is 2. The maximum atomic E-state index is 6.24. The monoisotopic (exact) mass is 255 g/mol. The van der Waals surface area contributed by atoms with Crippen molar-refractivity contribution < 1.29 is 8.83 Å². The molecule has 1 atom stereocenters. The van der Waals surface area contributed by atoms with Crippen LogP contribution in [0, 0.1) is 20.8 Å². The SMILES string of the molecule is Cc1ccc2c(C)c(C(N)c3ccc(C)o3)oc2c1. The lowest BCUT2D eigenvalue weighted by atomic mass is 10.1. The molecule has 2 heterocycles. The number of nitrogens with two attached hydrogens (primary N) is 1. The second-order valence-corrected chi connectivity index (χ2v) is 5.02. The first kappa shape index (κ1) is 12.1. The summed E-state index contributed by atoms with van der Waals surface area (Å²) >= 11 is 0. The summed E-state index contributed by atoms with van der Waals surface area (Å²) in [4.78, 5) is 0. The van der Waals surface area contributed by atoms with Gasteiger partial charge in [-0.2, -0.15) is 0 Å². The van der Waals surface area contributed by atoms with Crippen LogP contribution in [0.2, 0.25) is 0 Å². The van der Waals surface area contributed by atoms with Gasteiger partial charge in [-0.05, 0) is 44.5 Å². The van der Waals surface area contributed by atoms with E-state index in [2.05, 4.69) is 12.1 Å². The molecule has 3 heteroatoms. The van der Waals surface area contributed by atoms with Gasteiger partial charge in [-0.25, -0.2) is 0 Å². The van der Waals surface area contributed by atoms with Crippen LogP contribution in [0.3, 0.4) is 0 Å². The van der Waals surface area contributed by atoms with E-state index in [-0.39, 0.29) is 6.04 Å². The van der Waals surface area contributed by atoms with E-state index in [0.29, 0.717) is 0 Å². The van der Waals surface area contributed by atoms with E-state index in [9.17, 15) is 0 Å². The molecule has 0 spiro atoms. The molecule has 0 saturated carbocycles. The Hall–Kier alpha value is -2.00. The van der Waals surface area contributed by atoms with Crippen LogP contribution in [-0.4, -0.2) is 0 Å². The molecule has 0 bridgehead atoms. The van der Waals surface area contributed by atoms with Crippen LogP contribution in [0.5, 0.6) is 0 Å². The van der Waals surface area contributed by atoms with E-state index in [1.165, 1.54) is 5.56 Å². The fraction of sp³-hybridized carbons (Fsp3) is 0.250. The fourth-order valence-electron chi connectivity index (χ4n) is 2.40. The molecular formula is C16H17NO2. The normalized spacial score (nSPS) is 13.1. The lowest BCUT2D eigenvalue weighted by Gasteiger charge is -2.06. The summed E-state index contributed by atoms with van der Waals surface area (Å²) in [5.74, 6) is 2.36. The predicted molar refractivity (Wildman–Crippen MR) is 75.2 cm³/mol. The first-order valence-electron chi connectivity index (χ1n) is 6.38. The third-order valence-electron chi connectivity index (χ3n) is 3.48. The minimum Gasteiger partial charge on any atom is -0.464 e. The molecule has 0 fully saturated rings. The van der Waals surface area contributed by atoms with Crippen LogP contribution in [0.25, 0.3) is 11.0 Å². The van der Waals surface area contributed by atoms with E-state index in [1.54, 1.807) is 0 Å². The van der Waals surface area contributed by atoms with Gasteiger partial charge in [0.2, 0.25) is 0 Å². The van der Waals surface area contributed by atoms with Gasteiger partial charge in [-0.15, -0.1) is 0 Å². The van der Waals surface area contributed by atoms with Crippen molar-refractivity contribution in [3.8, 4) is 0 Å². The summed E-state index contributed by atoms with van der Waals surface area (Å²) in [5, 5.41) is 1.11. The van der Waals surface area contributed by atoms with Crippen molar-refractivity contribution in [3.05, 3.63) is 58.7 Å². The highest BCUT2D eigenvalue weighted by Gasteiger charge is 2.21. The maximum absolute atomic E-state index is 6.24. The second-order valence-electron chi connectivity index (χ2n) is 5.02. The standard InChI is InChI=1S/C16H17NO2/c1-9-4-6-12-11(3)16(19-14(12)8-9)15(17)13-7-5-10(2)18-13/h4-8,15H,17H2,1-3H3. The molecule has 3 aromatic rings. The molecule has 98 valence electrons. The lowest BCUT2D eigenvalue weighted by molar-refractivity contribution is 0.430. The van der Waals surface area contributed by atoms with Crippen molar-refractivity contribution >= 4 is 11.0 Å². The highest BCUT2D eigenvalue weighted by atomic mass is 16.4. The first-order chi connectivity index (χ1) is 9.06. The molecule has 3 nitrogen and oxygen atoms in total. The van der Waals surface area contributed by atoms with E-state index < -0.39 is 0 Å². The van der Waals surface area contributed by atoms with Gasteiger partial charge in [0.15, 0.2) is 0 Å². The van der Waals surface area contributed by atoms with Gasteiger partial charge in [-0.1, -0.05) is 12.1 Å². The molecule has 0 saturated heterocycles. The number of benzene rings is 1. The van der Waals surface area contributed by atoms with Crippen molar-refractivity contribution in [1.82, 2.24) is 0 Å². The smallest absolute Gasteiger partial charge is 0.134 e. The molecular weight excluding hydrogens is 238 g/mol. The van der Waals surface area contributed by atoms with Crippen molar-refractivity contribution in [2.75, 3.05) is 0 Å². The van der Waals surface area contributed by atoms with Crippen molar-refractivity contribution in [3.63, 3.8) is 0 Å². The van der Waals surface area contributed by atoms with Crippen LogP contribution in [-0.2, 0) is 0 Å². The molecule has 0 aliphatic carbocycles. The van der Waals surface area contributed by atoms with Gasteiger partial charge >= 0.3 is 0 Å². The van der Waals surface area contributed by atoms with Crippen LogP contribution in [0.15, 0.2) is 39.2 Å². The van der Waals surface area contributed by atoms with Gasteiger partial charge in [0, 0.05) is 10.9 Å². The van der Waals surface area contributed by atoms with Gasteiger partial charge in [0.25, 0.3) is 0 Å². The summed E-state index contributed by atoms with van der Waals surface area (Å²) in [6, 6.07) is 9.65. The topological polar surface area (TPSA) is 52.3 Å². The average molecular weight is 255 g/mol. The summed E-state index contributed by atoms with van der Waals surface area (Å²) in [7, 11) is 0. The lowest BCUT2D eigenvalue weighted by Crippen LogP contribution is -2.11. The largest absolute Gasteiger partial charge is 0.464 e. The van der Waals surface area contributed by atoms with Crippen LogP contribution in [0.1, 0.15) is 34.4 Å². The Labute approximate surface area is 112 Å². The van der Waals surface area contributed by atoms with E-state index in [0.717, 1.165) is 33.8 Å². The molecule has 0 radical (unpaired) electrons. The molecule has 2 aromatic heterocycles. The highest BCUT2D eigenvalue weighted by molar-refractivity contribution is 5.82. The van der Waals surface area contributed by atoms with Crippen LogP contribution < -0.4 is 5.73 Å². The Morgan fingerprint density at radius 3 is 2.47 bits per heavy atom. The Morgan fingerprint density at radius 1 is 1.00 bits per heavy atom. The number of fused-ring (bicyclic) bond motifs is 1. The number of hydrogen-bond acceptors (Lipinski definition) is 3.